The lowest BCUT2D eigenvalue weighted by atomic mass is 10.1. The van der Waals surface area contributed by atoms with E-state index in [9.17, 15) is 0 Å². The van der Waals surface area contributed by atoms with Crippen molar-refractivity contribution in [1.29, 1.82) is 0 Å². The Bertz CT molecular complexity index is 537. The molecule has 1 fully saturated rings. The van der Waals surface area contributed by atoms with Crippen LogP contribution in [0.1, 0.15) is 19.3 Å². The van der Waals surface area contributed by atoms with Crippen molar-refractivity contribution in [3.05, 3.63) is 42.5 Å². The first-order chi connectivity index (χ1) is 8.85. The van der Waals surface area contributed by atoms with Gasteiger partial charge in [0.05, 0.1) is 6.10 Å². The third-order valence-corrected chi connectivity index (χ3v) is 3.84. The fourth-order valence-corrected chi connectivity index (χ4v) is 2.80. The second kappa shape index (κ2) is 4.99. The Balaban J connectivity index is 1.75. The van der Waals surface area contributed by atoms with E-state index in [1.165, 1.54) is 29.3 Å². The van der Waals surface area contributed by atoms with E-state index in [0.717, 1.165) is 6.42 Å². The van der Waals surface area contributed by atoms with Gasteiger partial charge in [0.2, 0.25) is 0 Å². The Kier molecular flexibility index (Phi) is 3.20. The van der Waals surface area contributed by atoms with E-state index in [2.05, 4.69) is 47.8 Å². The number of nitrogens with one attached hydrogen (secondary N) is 1. The summed E-state index contributed by atoms with van der Waals surface area (Å²) in [6.45, 7) is 0. The van der Waals surface area contributed by atoms with Crippen LogP contribution < -0.4 is 5.32 Å². The third kappa shape index (κ3) is 2.34. The molecule has 2 heteroatoms. The first kappa shape index (κ1) is 11.5. The van der Waals surface area contributed by atoms with E-state index in [1.807, 2.05) is 7.11 Å². The molecule has 0 radical (unpaired) electrons. The molecule has 18 heavy (non-hydrogen) atoms. The van der Waals surface area contributed by atoms with E-state index < -0.39 is 0 Å². The number of benzene rings is 2. The van der Waals surface area contributed by atoms with E-state index in [0.29, 0.717) is 12.1 Å². The normalized spacial score (nSPS) is 23.4. The zero-order valence-electron chi connectivity index (χ0n) is 10.7. The smallest absolute Gasteiger partial charge is 0.0591 e. The summed E-state index contributed by atoms with van der Waals surface area (Å²) in [4.78, 5) is 0. The van der Waals surface area contributed by atoms with Crippen molar-refractivity contribution in [1.82, 2.24) is 0 Å². The van der Waals surface area contributed by atoms with Gasteiger partial charge in [0.1, 0.15) is 0 Å². The molecule has 2 atom stereocenters. The molecular formula is C16H19NO. The highest BCUT2D eigenvalue weighted by atomic mass is 16.5. The van der Waals surface area contributed by atoms with Gasteiger partial charge in [0.15, 0.2) is 0 Å². The Labute approximate surface area is 108 Å². The molecule has 0 heterocycles. The third-order valence-electron chi connectivity index (χ3n) is 3.84. The molecule has 1 aliphatic rings. The van der Waals surface area contributed by atoms with Gasteiger partial charge in [-0.15, -0.1) is 0 Å². The number of anilines is 1. The van der Waals surface area contributed by atoms with Gasteiger partial charge in [0.25, 0.3) is 0 Å². The monoisotopic (exact) mass is 241 g/mol. The van der Waals surface area contributed by atoms with Crippen molar-refractivity contribution in [3.8, 4) is 0 Å². The van der Waals surface area contributed by atoms with Crippen LogP contribution in [0.15, 0.2) is 42.5 Å². The molecule has 2 aromatic carbocycles. The SMILES string of the molecule is COC1CCC(Nc2ccc3ccccc3c2)C1. The van der Waals surface area contributed by atoms with Gasteiger partial charge in [-0.2, -0.15) is 0 Å². The highest BCUT2D eigenvalue weighted by Gasteiger charge is 2.23. The van der Waals surface area contributed by atoms with Gasteiger partial charge in [-0.25, -0.2) is 0 Å². The number of fused-ring (bicyclic) bond motifs is 1. The summed E-state index contributed by atoms with van der Waals surface area (Å²) in [7, 11) is 1.81. The molecule has 2 aromatic rings. The topological polar surface area (TPSA) is 21.3 Å². The van der Waals surface area contributed by atoms with Crippen LogP contribution in [0.3, 0.4) is 0 Å². The van der Waals surface area contributed by atoms with Gasteiger partial charge in [0, 0.05) is 18.8 Å². The maximum atomic E-state index is 5.41. The predicted octanol–water partition coefficient (Wildman–Crippen LogP) is 3.82. The lowest BCUT2D eigenvalue weighted by Gasteiger charge is -2.14. The molecule has 2 nitrogen and oxygen atoms in total. The van der Waals surface area contributed by atoms with Crippen LogP contribution in [-0.4, -0.2) is 19.3 Å². The summed E-state index contributed by atoms with van der Waals surface area (Å²) in [6.07, 6.45) is 3.92. The van der Waals surface area contributed by atoms with Crippen LogP contribution in [0.5, 0.6) is 0 Å². The lowest BCUT2D eigenvalue weighted by molar-refractivity contribution is 0.108. The minimum Gasteiger partial charge on any atom is -0.382 e. The average Bonchev–Trinajstić information content (AvgIpc) is 2.86. The molecule has 0 bridgehead atoms. The van der Waals surface area contributed by atoms with Crippen molar-refractivity contribution in [2.24, 2.45) is 0 Å². The summed E-state index contributed by atoms with van der Waals surface area (Å²) in [5.74, 6) is 0. The van der Waals surface area contributed by atoms with Crippen LogP contribution in [0.4, 0.5) is 5.69 Å². The summed E-state index contributed by atoms with van der Waals surface area (Å²) in [5.41, 5.74) is 1.22. The van der Waals surface area contributed by atoms with Gasteiger partial charge in [-0.3, -0.25) is 0 Å². The lowest BCUT2D eigenvalue weighted by Crippen LogP contribution is -2.17. The van der Waals surface area contributed by atoms with E-state index in [-0.39, 0.29) is 0 Å². The standard InChI is InChI=1S/C16H19NO/c1-18-16-9-8-15(11-16)17-14-7-6-12-4-2-3-5-13(12)10-14/h2-7,10,15-17H,8-9,11H2,1H3. The summed E-state index contributed by atoms with van der Waals surface area (Å²) >= 11 is 0. The Hall–Kier alpha value is -1.54. The van der Waals surface area contributed by atoms with Crippen LogP contribution in [0, 0.1) is 0 Å². The number of rotatable bonds is 3. The summed E-state index contributed by atoms with van der Waals surface area (Å²) in [6, 6.07) is 15.6. The Morgan fingerprint density at radius 3 is 2.67 bits per heavy atom. The fourth-order valence-electron chi connectivity index (χ4n) is 2.80. The second-order valence-electron chi connectivity index (χ2n) is 5.07. The zero-order chi connectivity index (χ0) is 12.4. The maximum absolute atomic E-state index is 5.41. The van der Waals surface area contributed by atoms with Crippen molar-refractivity contribution >= 4 is 16.5 Å². The zero-order valence-corrected chi connectivity index (χ0v) is 10.7. The Morgan fingerprint density at radius 1 is 1.06 bits per heavy atom. The highest BCUT2D eigenvalue weighted by molar-refractivity contribution is 5.85. The number of hydrogen-bond donors (Lipinski definition) is 1. The number of ether oxygens (including phenoxy) is 1. The van der Waals surface area contributed by atoms with Crippen LogP contribution >= 0.6 is 0 Å². The quantitative estimate of drug-likeness (QED) is 0.882. The van der Waals surface area contributed by atoms with E-state index >= 15 is 0 Å². The van der Waals surface area contributed by atoms with Gasteiger partial charge >= 0.3 is 0 Å². The first-order valence-electron chi connectivity index (χ1n) is 6.63. The molecule has 0 amide bonds. The molecule has 94 valence electrons. The van der Waals surface area contributed by atoms with Gasteiger partial charge in [-0.05, 0) is 42.2 Å². The molecule has 0 aromatic heterocycles. The van der Waals surface area contributed by atoms with Crippen LogP contribution in [0.25, 0.3) is 10.8 Å². The summed E-state index contributed by atoms with van der Waals surface area (Å²) < 4.78 is 5.41. The highest BCUT2D eigenvalue weighted by Crippen LogP contribution is 2.26. The average molecular weight is 241 g/mol. The molecule has 1 N–H and O–H groups in total. The second-order valence-corrected chi connectivity index (χ2v) is 5.07. The van der Waals surface area contributed by atoms with Crippen molar-refractivity contribution in [3.63, 3.8) is 0 Å². The first-order valence-corrected chi connectivity index (χ1v) is 6.63. The molecule has 3 rings (SSSR count). The Morgan fingerprint density at radius 2 is 1.89 bits per heavy atom. The maximum Gasteiger partial charge on any atom is 0.0591 e. The predicted molar refractivity (Wildman–Crippen MR) is 76.0 cm³/mol. The van der Waals surface area contributed by atoms with Crippen LogP contribution in [0.2, 0.25) is 0 Å². The summed E-state index contributed by atoms with van der Waals surface area (Å²) in [5, 5.41) is 6.21. The van der Waals surface area contributed by atoms with Gasteiger partial charge in [-0.1, -0.05) is 30.3 Å². The van der Waals surface area contributed by atoms with Gasteiger partial charge < -0.3 is 10.1 Å². The molecule has 0 spiro atoms. The van der Waals surface area contributed by atoms with E-state index in [4.69, 9.17) is 4.74 Å². The molecule has 1 saturated carbocycles. The molecular weight excluding hydrogens is 222 g/mol. The fraction of sp³-hybridized carbons (Fsp3) is 0.375. The minimum absolute atomic E-state index is 0.433. The number of methoxy groups -OCH3 is 1. The molecule has 0 aliphatic heterocycles. The molecule has 0 saturated heterocycles. The van der Waals surface area contributed by atoms with E-state index in [1.54, 1.807) is 0 Å². The van der Waals surface area contributed by atoms with Crippen LogP contribution in [-0.2, 0) is 4.74 Å². The van der Waals surface area contributed by atoms with Crippen molar-refractivity contribution in [2.45, 2.75) is 31.4 Å². The minimum atomic E-state index is 0.433. The van der Waals surface area contributed by atoms with Crippen molar-refractivity contribution < 1.29 is 4.74 Å². The largest absolute Gasteiger partial charge is 0.382 e. The number of hydrogen-bond acceptors (Lipinski definition) is 2. The molecule has 2 unspecified atom stereocenters. The van der Waals surface area contributed by atoms with Crippen molar-refractivity contribution in [2.75, 3.05) is 12.4 Å². The molecule has 1 aliphatic carbocycles.